The number of benzene rings is 1. The number of nitrogens with zero attached hydrogens (tertiary/aromatic N) is 3. The number of aryl methyl sites for hydroxylation is 1. The van der Waals surface area contributed by atoms with E-state index in [4.69, 9.17) is 4.74 Å². The smallest absolute Gasteiger partial charge is 0.337 e. The Labute approximate surface area is 166 Å². The quantitative estimate of drug-likeness (QED) is 0.812. The number of methoxy groups -OCH3 is 1. The summed E-state index contributed by atoms with van der Waals surface area (Å²) < 4.78 is 4.83. The van der Waals surface area contributed by atoms with Crippen LogP contribution in [0.15, 0.2) is 24.3 Å². The second-order valence-corrected chi connectivity index (χ2v) is 7.78. The van der Waals surface area contributed by atoms with E-state index in [0.29, 0.717) is 11.6 Å². The molecule has 148 valence electrons. The van der Waals surface area contributed by atoms with Crippen molar-refractivity contribution in [1.82, 2.24) is 9.97 Å². The first-order valence-corrected chi connectivity index (χ1v) is 10.2. The van der Waals surface area contributed by atoms with Crippen molar-refractivity contribution in [2.75, 3.05) is 23.9 Å². The number of carbonyl (C=O) groups excluding carboxylic acids is 1. The van der Waals surface area contributed by atoms with Gasteiger partial charge in [0.05, 0.1) is 12.7 Å². The fraction of sp³-hybridized carbons (Fsp3) is 0.500. The molecule has 1 N–H and O–H groups in total. The number of fused-ring (bicyclic) bond motifs is 1. The van der Waals surface area contributed by atoms with E-state index in [0.717, 1.165) is 37.0 Å². The van der Waals surface area contributed by atoms with Crippen molar-refractivity contribution in [1.29, 1.82) is 0 Å². The Bertz CT molecular complexity index is 862. The summed E-state index contributed by atoms with van der Waals surface area (Å²) in [7, 11) is 1.42. The topological polar surface area (TPSA) is 67.3 Å². The molecule has 28 heavy (non-hydrogen) atoms. The average Bonchev–Trinajstić information content (AvgIpc) is 2.72. The molecule has 0 spiro atoms. The first-order valence-electron chi connectivity index (χ1n) is 10.2. The Hall–Kier alpha value is -2.63. The highest BCUT2D eigenvalue weighted by Crippen LogP contribution is 2.27. The third kappa shape index (κ3) is 4.11. The monoisotopic (exact) mass is 380 g/mol. The van der Waals surface area contributed by atoms with Gasteiger partial charge in [0, 0.05) is 25.2 Å². The molecule has 1 aromatic heterocycles. The van der Waals surface area contributed by atoms with Gasteiger partial charge in [-0.2, -0.15) is 0 Å². The van der Waals surface area contributed by atoms with Crippen LogP contribution in [0.1, 0.15) is 59.4 Å². The van der Waals surface area contributed by atoms with Gasteiger partial charge in [-0.25, -0.2) is 14.8 Å². The first-order chi connectivity index (χ1) is 13.6. The van der Waals surface area contributed by atoms with Gasteiger partial charge in [-0.05, 0) is 49.4 Å². The van der Waals surface area contributed by atoms with Gasteiger partial charge in [0.2, 0.25) is 0 Å². The van der Waals surface area contributed by atoms with Gasteiger partial charge in [0.15, 0.2) is 0 Å². The Morgan fingerprint density at radius 3 is 2.75 bits per heavy atom. The lowest BCUT2D eigenvalue weighted by Crippen LogP contribution is -2.32. The zero-order valence-electron chi connectivity index (χ0n) is 16.7. The number of nitrogens with one attached hydrogen (secondary N) is 1. The second-order valence-electron chi connectivity index (χ2n) is 7.78. The molecule has 0 unspecified atom stereocenters. The summed E-state index contributed by atoms with van der Waals surface area (Å²) in [6, 6.07) is 8.43. The number of carbonyl (C=O) groups is 1. The van der Waals surface area contributed by atoms with Gasteiger partial charge in [-0.3, -0.25) is 0 Å². The molecule has 1 aromatic carbocycles. The molecule has 1 fully saturated rings. The molecule has 0 radical (unpaired) electrons. The van der Waals surface area contributed by atoms with Crippen LogP contribution in [-0.2, 0) is 17.7 Å². The van der Waals surface area contributed by atoms with E-state index in [1.807, 2.05) is 25.1 Å². The minimum absolute atomic E-state index is 0.282. The number of esters is 1. The number of hydrogen-bond acceptors (Lipinski definition) is 6. The van der Waals surface area contributed by atoms with Crippen molar-refractivity contribution >= 4 is 17.6 Å². The van der Waals surface area contributed by atoms with Crippen LogP contribution in [0.4, 0.5) is 11.6 Å². The number of hydrogen-bond donors (Lipinski definition) is 1. The molecular weight excluding hydrogens is 352 g/mol. The molecule has 1 aliphatic carbocycles. The summed E-state index contributed by atoms with van der Waals surface area (Å²) in [6.07, 6.45) is 7.26. The lowest BCUT2D eigenvalue weighted by Gasteiger charge is -2.31. The standard InChI is InChI=1S/C22H28N4O2/c1-15-23-20(25-19-6-4-3-5-7-19)13-21(24-15)26-11-10-16-12-17(22(27)28-2)8-9-18(16)14-26/h8-9,12-13,19H,3-7,10-11,14H2,1-2H3,(H,23,24,25). The van der Waals surface area contributed by atoms with E-state index < -0.39 is 0 Å². The SMILES string of the molecule is COC(=O)c1ccc2c(c1)CCN(c1cc(NC3CCCCC3)nc(C)n1)C2. The maximum absolute atomic E-state index is 11.8. The van der Waals surface area contributed by atoms with Gasteiger partial charge in [0.25, 0.3) is 0 Å². The second kappa shape index (κ2) is 8.17. The fourth-order valence-electron chi connectivity index (χ4n) is 4.24. The molecule has 2 heterocycles. The Kier molecular flexibility index (Phi) is 5.46. The maximum Gasteiger partial charge on any atom is 0.337 e. The van der Waals surface area contributed by atoms with Gasteiger partial charge in [0.1, 0.15) is 17.5 Å². The van der Waals surface area contributed by atoms with Crippen LogP contribution in [0.3, 0.4) is 0 Å². The molecule has 0 saturated heterocycles. The normalized spacial score (nSPS) is 17.1. The summed E-state index contributed by atoms with van der Waals surface area (Å²) in [4.78, 5) is 23.3. The molecule has 1 saturated carbocycles. The minimum Gasteiger partial charge on any atom is -0.465 e. The highest BCUT2D eigenvalue weighted by Gasteiger charge is 2.21. The van der Waals surface area contributed by atoms with Crippen LogP contribution in [0.5, 0.6) is 0 Å². The Balaban J connectivity index is 1.51. The lowest BCUT2D eigenvalue weighted by molar-refractivity contribution is 0.0600. The summed E-state index contributed by atoms with van der Waals surface area (Å²) in [5.41, 5.74) is 3.06. The summed E-state index contributed by atoms with van der Waals surface area (Å²) in [5.74, 6) is 2.41. The number of rotatable bonds is 4. The third-order valence-electron chi connectivity index (χ3n) is 5.75. The fourth-order valence-corrected chi connectivity index (χ4v) is 4.24. The van der Waals surface area contributed by atoms with Crippen molar-refractivity contribution in [3.05, 3.63) is 46.8 Å². The maximum atomic E-state index is 11.8. The average molecular weight is 380 g/mol. The van der Waals surface area contributed by atoms with Gasteiger partial charge in [-0.15, -0.1) is 0 Å². The molecule has 1 aliphatic heterocycles. The van der Waals surface area contributed by atoms with Gasteiger partial charge < -0.3 is 15.0 Å². The molecular formula is C22H28N4O2. The van der Waals surface area contributed by atoms with Crippen LogP contribution in [0, 0.1) is 6.92 Å². The van der Waals surface area contributed by atoms with Gasteiger partial charge in [-0.1, -0.05) is 25.3 Å². The van der Waals surface area contributed by atoms with Crippen LogP contribution in [0.25, 0.3) is 0 Å². The number of anilines is 2. The van der Waals surface area contributed by atoms with Crippen LogP contribution in [-0.4, -0.2) is 35.6 Å². The molecule has 0 bridgehead atoms. The summed E-state index contributed by atoms with van der Waals surface area (Å²) in [6.45, 7) is 3.61. The molecule has 2 aliphatic rings. The van der Waals surface area contributed by atoms with E-state index >= 15 is 0 Å². The highest BCUT2D eigenvalue weighted by molar-refractivity contribution is 5.89. The summed E-state index contributed by atoms with van der Waals surface area (Å²) >= 11 is 0. The van der Waals surface area contributed by atoms with Crippen molar-refractivity contribution in [3.63, 3.8) is 0 Å². The first kappa shape index (κ1) is 18.7. The van der Waals surface area contributed by atoms with Crippen LogP contribution >= 0.6 is 0 Å². The predicted molar refractivity (Wildman–Crippen MR) is 110 cm³/mol. The van der Waals surface area contributed by atoms with Crippen LogP contribution in [0.2, 0.25) is 0 Å². The highest BCUT2D eigenvalue weighted by atomic mass is 16.5. The molecule has 2 aromatic rings. The Morgan fingerprint density at radius 2 is 1.96 bits per heavy atom. The predicted octanol–water partition coefficient (Wildman–Crippen LogP) is 3.88. The van der Waals surface area contributed by atoms with Crippen LogP contribution < -0.4 is 10.2 Å². The van der Waals surface area contributed by atoms with E-state index in [1.54, 1.807) is 0 Å². The molecule has 0 atom stereocenters. The number of aromatic nitrogens is 2. The van der Waals surface area contributed by atoms with E-state index in [1.165, 1.54) is 50.3 Å². The van der Waals surface area contributed by atoms with Crippen molar-refractivity contribution in [2.24, 2.45) is 0 Å². The largest absolute Gasteiger partial charge is 0.465 e. The molecule has 6 heteroatoms. The Morgan fingerprint density at radius 1 is 1.14 bits per heavy atom. The molecule has 6 nitrogen and oxygen atoms in total. The molecule has 4 rings (SSSR count). The van der Waals surface area contributed by atoms with Crippen molar-refractivity contribution < 1.29 is 9.53 Å². The minimum atomic E-state index is -0.282. The summed E-state index contributed by atoms with van der Waals surface area (Å²) in [5, 5.41) is 3.62. The lowest BCUT2D eigenvalue weighted by atomic mass is 9.95. The van der Waals surface area contributed by atoms with E-state index in [2.05, 4.69) is 26.3 Å². The zero-order chi connectivity index (χ0) is 19.5. The number of ether oxygens (including phenoxy) is 1. The van der Waals surface area contributed by atoms with Gasteiger partial charge >= 0.3 is 5.97 Å². The van der Waals surface area contributed by atoms with E-state index in [-0.39, 0.29) is 5.97 Å². The zero-order valence-corrected chi connectivity index (χ0v) is 16.7. The van der Waals surface area contributed by atoms with E-state index in [9.17, 15) is 4.79 Å². The third-order valence-corrected chi connectivity index (χ3v) is 5.75. The van der Waals surface area contributed by atoms with Crippen molar-refractivity contribution in [3.8, 4) is 0 Å². The molecule has 0 amide bonds. The van der Waals surface area contributed by atoms with Crippen molar-refractivity contribution in [2.45, 2.75) is 58.0 Å².